The molecule has 164 valence electrons. The maximum absolute atomic E-state index is 13.0. The molecule has 2 saturated heterocycles. The fourth-order valence-electron chi connectivity index (χ4n) is 4.18. The van der Waals surface area contributed by atoms with Crippen molar-refractivity contribution >= 4 is 41.7 Å². The van der Waals surface area contributed by atoms with Gasteiger partial charge in [0.05, 0.1) is 27.6 Å². The predicted molar refractivity (Wildman–Crippen MR) is 122 cm³/mol. The van der Waals surface area contributed by atoms with Gasteiger partial charge in [-0.3, -0.25) is 9.79 Å². The maximum atomic E-state index is 13.0. The molecular weight excluding hydrogens is 404 g/mol. The van der Waals surface area contributed by atoms with Crippen molar-refractivity contribution in [3.63, 3.8) is 0 Å². The standard InChI is InChI=1S/C22H31ClN4O3/c1-3-4-16-19(24)18(23)13-17(20(16)25-2)21(28)26-15-5-9-27(10-6-15)14-22(29)7-11-30-12-8-22/h3-4,13,15,29H,2,5-12,14,24H2,1H3,(H,26,28)/b4-3-. The Kier molecular flexibility index (Phi) is 7.52. The Morgan fingerprint density at radius 2 is 2.13 bits per heavy atom. The van der Waals surface area contributed by atoms with Gasteiger partial charge in [0.1, 0.15) is 0 Å². The van der Waals surface area contributed by atoms with Gasteiger partial charge in [0.25, 0.3) is 5.91 Å². The highest BCUT2D eigenvalue weighted by atomic mass is 35.5. The third kappa shape index (κ3) is 5.21. The maximum Gasteiger partial charge on any atom is 0.253 e. The van der Waals surface area contributed by atoms with Gasteiger partial charge in [-0.2, -0.15) is 0 Å². The Balaban J connectivity index is 1.63. The van der Waals surface area contributed by atoms with E-state index < -0.39 is 5.60 Å². The van der Waals surface area contributed by atoms with Crippen LogP contribution in [-0.4, -0.2) is 67.1 Å². The lowest BCUT2D eigenvalue weighted by atomic mass is 9.92. The van der Waals surface area contributed by atoms with E-state index in [9.17, 15) is 9.90 Å². The summed E-state index contributed by atoms with van der Waals surface area (Å²) in [5.41, 5.74) is 7.19. The second-order valence-corrected chi connectivity index (χ2v) is 8.51. The summed E-state index contributed by atoms with van der Waals surface area (Å²) in [4.78, 5) is 19.3. The number of aliphatic hydroxyl groups is 1. The lowest BCUT2D eigenvalue weighted by Crippen LogP contribution is -2.51. The highest BCUT2D eigenvalue weighted by Crippen LogP contribution is 2.36. The normalized spacial score (nSPS) is 20.4. The van der Waals surface area contributed by atoms with Gasteiger partial charge < -0.3 is 25.8 Å². The molecule has 0 spiro atoms. The molecule has 2 aliphatic heterocycles. The van der Waals surface area contributed by atoms with Crippen LogP contribution in [0.25, 0.3) is 6.08 Å². The molecule has 1 amide bonds. The average molecular weight is 435 g/mol. The molecule has 3 rings (SSSR count). The van der Waals surface area contributed by atoms with Crippen LogP contribution in [0.5, 0.6) is 0 Å². The molecule has 0 aromatic heterocycles. The van der Waals surface area contributed by atoms with Gasteiger partial charge in [0.2, 0.25) is 0 Å². The smallest absolute Gasteiger partial charge is 0.253 e. The van der Waals surface area contributed by atoms with Crippen LogP contribution in [0.15, 0.2) is 17.1 Å². The van der Waals surface area contributed by atoms with Crippen molar-refractivity contribution in [3.05, 3.63) is 28.3 Å². The number of nitrogens with zero attached hydrogens (tertiary/aromatic N) is 2. The topological polar surface area (TPSA) is 100 Å². The van der Waals surface area contributed by atoms with E-state index in [0.29, 0.717) is 60.1 Å². The summed E-state index contributed by atoms with van der Waals surface area (Å²) in [6.45, 7) is 9.00. The second kappa shape index (κ2) is 9.92. The average Bonchev–Trinajstić information content (AvgIpc) is 2.73. The number of benzene rings is 1. The third-order valence-electron chi connectivity index (χ3n) is 5.93. The fraction of sp³-hybridized carbons (Fsp3) is 0.545. The lowest BCUT2D eigenvalue weighted by molar-refractivity contribution is -0.0822. The first kappa shape index (κ1) is 22.7. The number of carbonyl (C=O) groups is 1. The number of piperidine rings is 1. The highest BCUT2D eigenvalue weighted by Gasteiger charge is 2.33. The number of nitrogens with two attached hydrogens (primary N) is 1. The zero-order valence-corrected chi connectivity index (χ0v) is 18.2. The van der Waals surface area contributed by atoms with E-state index in [1.165, 1.54) is 0 Å². The minimum atomic E-state index is -0.664. The largest absolute Gasteiger partial charge is 0.397 e. The number of rotatable bonds is 6. The number of nitrogens with one attached hydrogen (secondary N) is 1. The molecule has 2 heterocycles. The Bertz CT molecular complexity index is 813. The minimum Gasteiger partial charge on any atom is -0.397 e. The quantitative estimate of drug-likeness (QED) is 0.472. The third-order valence-corrected chi connectivity index (χ3v) is 6.24. The molecule has 2 aliphatic rings. The van der Waals surface area contributed by atoms with Crippen LogP contribution in [0, 0.1) is 0 Å². The van der Waals surface area contributed by atoms with Crippen LogP contribution >= 0.6 is 11.6 Å². The number of aliphatic imine (C=N–C) groups is 1. The molecule has 0 unspecified atom stereocenters. The van der Waals surface area contributed by atoms with Crippen LogP contribution in [0.2, 0.25) is 5.02 Å². The number of ether oxygens (including phenoxy) is 1. The van der Waals surface area contributed by atoms with E-state index in [4.69, 9.17) is 22.1 Å². The first-order valence-corrected chi connectivity index (χ1v) is 10.8. The molecule has 30 heavy (non-hydrogen) atoms. The number of hydrogen-bond acceptors (Lipinski definition) is 6. The number of amides is 1. The van der Waals surface area contributed by atoms with Crippen molar-refractivity contribution in [2.24, 2.45) is 4.99 Å². The van der Waals surface area contributed by atoms with Crippen LogP contribution in [0.4, 0.5) is 11.4 Å². The molecule has 1 aromatic carbocycles. The Morgan fingerprint density at radius 1 is 1.47 bits per heavy atom. The number of β-amino-alcohol motifs (C(OH)–C–C–N with tert-alkyl or cyclic N) is 1. The molecule has 7 nitrogen and oxygen atoms in total. The minimum absolute atomic E-state index is 0.0530. The van der Waals surface area contributed by atoms with Crippen LogP contribution in [0.3, 0.4) is 0 Å². The summed E-state index contributed by atoms with van der Waals surface area (Å²) in [7, 11) is 0. The molecule has 8 heteroatoms. The lowest BCUT2D eigenvalue weighted by Gasteiger charge is -2.40. The number of carbonyl (C=O) groups excluding carboxylic acids is 1. The van der Waals surface area contributed by atoms with Crippen LogP contribution < -0.4 is 11.1 Å². The summed E-state index contributed by atoms with van der Waals surface area (Å²) in [6, 6.07) is 1.61. The van der Waals surface area contributed by atoms with Gasteiger partial charge in [0.15, 0.2) is 0 Å². The van der Waals surface area contributed by atoms with Gasteiger partial charge >= 0.3 is 0 Å². The molecule has 0 aliphatic carbocycles. The van der Waals surface area contributed by atoms with Crippen molar-refractivity contribution in [1.29, 1.82) is 0 Å². The highest BCUT2D eigenvalue weighted by molar-refractivity contribution is 6.34. The SMILES string of the molecule is C=Nc1c(C(=O)NC2CCN(CC3(O)CCOCC3)CC2)cc(Cl)c(N)c1/C=C\C. The van der Waals surface area contributed by atoms with Gasteiger partial charge in [-0.15, -0.1) is 0 Å². The number of anilines is 1. The zero-order chi connectivity index (χ0) is 21.7. The zero-order valence-electron chi connectivity index (χ0n) is 17.5. The molecule has 4 N–H and O–H groups in total. The van der Waals surface area contributed by atoms with Gasteiger partial charge in [-0.1, -0.05) is 23.8 Å². The fourth-order valence-corrected chi connectivity index (χ4v) is 4.39. The van der Waals surface area contributed by atoms with Crippen molar-refractivity contribution in [1.82, 2.24) is 10.2 Å². The van der Waals surface area contributed by atoms with Crippen LogP contribution in [0.1, 0.15) is 48.5 Å². The number of allylic oxidation sites excluding steroid dienone is 1. The molecule has 0 bridgehead atoms. The van der Waals surface area contributed by atoms with Crippen molar-refractivity contribution in [2.45, 2.75) is 44.2 Å². The van der Waals surface area contributed by atoms with E-state index in [-0.39, 0.29) is 11.9 Å². The molecule has 0 radical (unpaired) electrons. The number of hydrogen-bond donors (Lipinski definition) is 3. The van der Waals surface area contributed by atoms with E-state index in [1.54, 1.807) is 12.1 Å². The van der Waals surface area contributed by atoms with E-state index in [1.807, 2.05) is 13.0 Å². The Hall–Kier alpha value is -1.93. The summed E-state index contributed by atoms with van der Waals surface area (Å²) >= 11 is 6.26. The van der Waals surface area contributed by atoms with Crippen molar-refractivity contribution in [2.75, 3.05) is 38.6 Å². The van der Waals surface area contributed by atoms with Gasteiger partial charge in [-0.05, 0) is 32.5 Å². The van der Waals surface area contributed by atoms with E-state index in [0.717, 1.165) is 25.9 Å². The molecule has 2 fully saturated rings. The van der Waals surface area contributed by atoms with Crippen molar-refractivity contribution in [3.8, 4) is 0 Å². The molecule has 1 aromatic rings. The molecular formula is C22H31ClN4O3. The monoisotopic (exact) mass is 434 g/mol. The summed E-state index contributed by atoms with van der Waals surface area (Å²) in [5, 5.41) is 14.1. The van der Waals surface area contributed by atoms with Gasteiger partial charge in [-0.25, -0.2) is 0 Å². The second-order valence-electron chi connectivity index (χ2n) is 8.10. The first-order chi connectivity index (χ1) is 14.4. The number of likely N-dealkylation sites (tertiary alicyclic amines) is 1. The molecule has 0 atom stereocenters. The summed E-state index contributed by atoms with van der Waals surface area (Å²) in [6.07, 6.45) is 6.59. The van der Waals surface area contributed by atoms with Gasteiger partial charge in [0, 0.05) is 57.3 Å². The van der Waals surface area contributed by atoms with Crippen LogP contribution in [-0.2, 0) is 4.74 Å². The Morgan fingerprint density at radius 3 is 2.73 bits per heavy atom. The first-order valence-electron chi connectivity index (χ1n) is 10.4. The number of nitrogen functional groups attached to an aromatic ring is 1. The summed E-state index contributed by atoms with van der Waals surface area (Å²) in [5.74, 6) is -0.230. The van der Waals surface area contributed by atoms with Crippen molar-refractivity contribution < 1.29 is 14.6 Å². The number of halogens is 1. The summed E-state index contributed by atoms with van der Waals surface area (Å²) < 4.78 is 5.36. The molecule has 0 saturated carbocycles. The van der Waals surface area contributed by atoms with E-state index >= 15 is 0 Å². The van der Waals surface area contributed by atoms with E-state index in [2.05, 4.69) is 21.9 Å². The predicted octanol–water partition coefficient (Wildman–Crippen LogP) is 3.02. The Labute approximate surface area is 182 Å².